The Balaban J connectivity index is 3.12. The summed E-state index contributed by atoms with van der Waals surface area (Å²) in [5.41, 5.74) is -0.268. The van der Waals surface area contributed by atoms with Gasteiger partial charge in [0.1, 0.15) is 6.33 Å². The van der Waals surface area contributed by atoms with Gasteiger partial charge in [0.15, 0.2) is 5.03 Å². The summed E-state index contributed by atoms with van der Waals surface area (Å²) in [5.74, 6) is -0.0763. The van der Waals surface area contributed by atoms with Crippen LogP contribution in [0.1, 0.15) is 6.92 Å². The first-order chi connectivity index (χ1) is 7.60. The lowest BCUT2D eigenvalue weighted by molar-refractivity contribution is -0.389. The number of thioether (sulfide) groups is 1. The van der Waals surface area contributed by atoms with E-state index in [1.807, 2.05) is 0 Å². The first-order valence-electron chi connectivity index (χ1n) is 4.41. The lowest BCUT2D eigenvalue weighted by atomic mass is 10.5. The third-order valence-corrected chi connectivity index (χ3v) is 2.77. The van der Waals surface area contributed by atoms with Crippen LogP contribution in [0.2, 0.25) is 0 Å². The van der Waals surface area contributed by atoms with Crippen molar-refractivity contribution in [2.45, 2.75) is 17.2 Å². The molecule has 1 N–H and O–H groups in total. The lowest BCUT2D eigenvalue weighted by Gasteiger charge is -2.07. The number of aliphatic hydroxyl groups excluding tert-OH is 1. The monoisotopic (exact) mass is 245 g/mol. The summed E-state index contributed by atoms with van der Waals surface area (Å²) in [6.45, 7) is 1.65. The minimum Gasteiger partial charge on any atom is -0.476 e. The van der Waals surface area contributed by atoms with Crippen LogP contribution in [-0.2, 0) is 0 Å². The molecule has 0 aromatic carbocycles. The number of methoxy groups -OCH3 is 1. The third-order valence-electron chi connectivity index (χ3n) is 1.70. The van der Waals surface area contributed by atoms with Crippen molar-refractivity contribution in [3.8, 4) is 5.88 Å². The third kappa shape index (κ3) is 2.80. The van der Waals surface area contributed by atoms with Crippen molar-refractivity contribution < 1.29 is 14.8 Å². The highest BCUT2D eigenvalue weighted by Gasteiger charge is 2.25. The zero-order valence-corrected chi connectivity index (χ0v) is 9.60. The molecule has 0 spiro atoms. The number of nitro groups is 1. The number of hydrogen-bond donors (Lipinski definition) is 1. The Kier molecular flexibility index (Phi) is 4.44. The SMILES string of the molecule is COc1ncnc(SC(C)CO)c1[N+](=O)[O-]. The Bertz CT molecular complexity index is 388. The summed E-state index contributed by atoms with van der Waals surface area (Å²) >= 11 is 1.11. The molecular formula is C8H11N3O4S. The van der Waals surface area contributed by atoms with Crippen LogP contribution in [0.4, 0.5) is 5.69 Å². The van der Waals surface area contributed by atoms with Gasteiger partial charge in [0, 0.05) is 5.25 Å². The number of nitrogens with zero attached hydrogens (tertiary/aromatic N) is 3. The van der Waals surface area contributed by atoms with Crippen LogP contribution in [0.25, 0.3) is 0 Å². The second-order valence-electron chi connectivity index (χ2n) is 2.90. The van der Waals surface area contributed by atoms with E-state index >= 15 is 0 Å². The fourth-order valence-corrected chi connectivity index (χ4v) is 1.80. The van der Waals surface area contributed by atoms with Crippen molar-refractivity contribution in [2.75, 3.05) is 13.7 Å². The van der Waals surface area contributed by atoms with Crippen molar-refractivity contribution in [1.29, 1.82) is 0 Å². The standard InChI is InChI=1S/C8H11N3O4S/c1-5(3-12)16-8-6(11(13)14)7(15-2)9-4-10-8/h4-5,12H,3H2,1-2H3. The second kappa shape index (κ2) is 5.61. The van der Waals surface area contributed by atoms with E-state index in [0.717, 1.165) is 11.8 Å². The molecule has 0 fully saturated rings. The molecule has 7 nitrogen and oxygen atoms in total. The molecule has 1 unspecified atom stereocenters. The molecule has 0 aliphatic carbocycles. The number of aliphatic hydroxyl groups is 1. The van der Waals surface area contributed by atoms with E-state index in [2.05, 4.69) is 9.97 Å². The summed E-state index contributed by atoms with van der Waals surface area (Å²) in [6.07, 6.45) is 1.19. The maximum absolute atomic E-state index is 10.8. The lowest BCUT2D eigenvalue weighted by Crippen LogP contribution is -2.05. The highest BCUT2D eigenvalue weighted by Crippen LogP contribution is 2.35. The Hall–Kier alpha value is -1.41. The molecule has 8 heteroatoms. The molecule has 1 aromatic heterocycles. The van der Waals surface area contributed by atoms with Crippen LogP contribution in [0.5, 0.6) is 5.88 Å². The van der Waals surface area contributed by atoms with Crippen molar-refractivity contribution in [2.24, 2.45) is 0 Å². The van der Waals surface area contributed by atoms with Crippen LogP contribution >= 0.6 is 11.8 Å². The van der Waals surface area contributed by atoms with Crippen molar-refractivity contribution in [1.82, 2.24) is 9.97 Å². The predicted molar refractivity (Wildman–Crippen MR) is 57.6 cm³/mol. The van der Waals surface area contributed by atoms with Crippen molar-refractivity contribution in [3.05, 3.63) is 16.4 Å². The number of hydrogen-bond acceptors (Lipinski definition) is 7. The quantitative estimate of drug-likeness (QED) is 0.355. The zero-order valence-electron chi connectivity index (χ0n) is 8.78. The molecule has 1 aromatic rings. The molecule has 1 heterocycles. The van der Waals surface area contributed by atoms with Crippen molar-refractivity contribution >= 4 is 17.4 Å². The van der Waals surface area contributed by atoms with Gasteiger partial charge in [-0.15, -0.1) is 0 Å². The summed E-state index contributed by atoms with van der Waals surface area (Å²) in [4.78, 5) is 17.7. The van der Waals surface area contributed by atoms with E-state index in [4.69, 9.17) is 9.84 Å². The molecule has 1 atom stereocenters. The van der Waals surface area contributed by atoms with Gasteiger partial charge in [-0.25, -0.2) is 4.98 Å². The largest absolute Gasteiger partial charge is 0.476 e. The smallest absolute Gasteiger partial charge is 0.362 e. The molecule has 0 bridgehead atoms. The molecule has 88 valence electrons. The maximum atomic E-state index is 10.8. The van der Waals surface area contributed by atoms with Crippen LogP contribution in [0.3, 0.4) is 0 Å². The van der Waals surface area contributed by atoms with Crippen molar-refractivity contribution in [3.63, 3.8) is 0 Å². The maximum Gasteiger partial charge on any atom is 0.362 e. The Morgan fingerprint density at radius 1 is 1.69 bits per heavy atom. The molecule has 0 saturated carbocycles. The van der Waals surface area contributed by atoms with E-state index in [1.54, 1.807) is 6.92 Å². The zero-order chi connectivity index (χ0) is 12.1. The van der Waals surface area contributed by atoms with E-state index in [0.29, 0.717) is 0 Å². The Morgan fingerprint density at radius 3 is 2.88 bits per heavy atom. The van der Waals surface area contributed by atoms with Crippen LogP contribution in [0.15, 0.2) is 11.4 Å². The minimum absolute atomic E-state index is 0.0763. The normalized spacial score (nSPS) is 12.2. The molecule has 0 amide bonds. The van der Waals surface area contributed by atoms with Gasteiger partial charge in [0.25, 0.3) is 5.88 Å². The predicted octanol–water partition coefficient (Wildman–Crippen LogP) is 0.866. The first-order valence-corrected chi connectivity index (χ1v) is 5.29. The fraction of sp³-hybridized carbons (Fsp3) is 0.500. The average molecular weight is 245 g/mol. The molecule has 1 rings (SSSR count). The molecule has 0 saturated heterocycles. The fourth-order valence-electron chi connectivity index (χ4n) is 0.967. The average Bonchev–Trinajstić information content (AvgIpc) is 2.28. The number of aromatic nitrogens is 2. The first kappa shape index (κ1) is 12.7. The van der Waals surface area contributed by atoms with Crippen LogP contribution < -0.4 is 4.74 Å². The summed E-state index contributed by atoms with van der Waals surface area (Å²) < 4.78 is 4.79. The van der Waals surface area contributed by atoms with Gasteiger partial charge in [-0.05, 0) is 0 Å². The van der Waals surface area contributed by atoms with Crippen LogP contribution in [0, 0.1) is 10.1 Å². The van der Waals surface area contributed by atoms with Crippen LogP contribution in [-0.4, -0.2) is 39.0 Å². The number of ether oxygens (including phenoxy) is 1. The summed E-state index contributed by atoms with van der Waals surface area (Å²) in [5, 5.41) is 19.7. The van der Waals surface area contributed by atoms with Gasteiger partial charge in [-0.2, -0.15) is 4.98 Å². The molecule has 0 radical (unpaired) electrons. The second-order valence-corrected chi connectivity index (χ2v) is 4.33. The highest BCUT2D eigenvalue weighted by molar-refractivity contribution is 8.00. The summed E-state index contributed by atoms with van der Waals surface area (Å²) in [7, 11) is 1.30. The number of rotatable bonds is 5. The Labute approximate surface area is 96.0 Å². The molecule has 0 aliphatic heterocycles. The van der Waals surface area contributed by atoms with Gasteiger partial charge in [0.05, 0.1) is 18.6 Å². The molecular weight excluding hydrogens is 234 g/mol. The van der Waals surface area contributed by atoms with E-state index in [-0.39, 0.29) is 28.5 Å². The molecule has 0 aliphatic rings. The van der Waals surface area contributed by atoms with Gasteiger partial charge < -0.3 is 9.84 Å². The topological polar surface area (TPSA) is 98.4 Å². The van der Waals surface area contributed by atoms with Gasteiger partial charge in [-0.3, -0.25) is 10.1 Å². The van der Waals surface area contributed by atoms with E-state index < -0.39 is 4.92 Å². The highest BCUT2D eigenvalue weighted by atomic mass is 32.2. The summed E-state index contributed by atoms with van der Waals surface area (Å²) in [6, 6.07) is 0. The van der Waals surface area contributed by atoms with Gasteiger partial charge in [0.2, 0.25) is 0 Å². The molecule has 16 heavy (non-hydrogen) atoms. The van der Waals surface area contributed by atoms with Gasteiger partial charge in [-0.1, -0.05) is 18.7 Å². The Morgan fingerprint density at radius 2 is 2.38 bits per heavy atom. The van der Waals surface area contributed by atoms with Gasteiger partial charge >= 0.3 is 5.69 Å². The minimum atomic E-state index is -0.592. The van der Waals surface area contributed by atoms with E-state index in [9.17, 15) is 10.1 Å². The van der Waals surface area contributed by atoms with E-state index in [1.165, 1.54) is 13.4 Å².